The number of carbonyl (C=O) groups excluding carboxylic acids is 3. The second kappa shape index (κ2) is 24.7. The van der Waals surface area contributed by atoms with Crippen LogP contribution < -0.4 is 35.5 Å². The van der Waals surface area contributed by atoms with Crippen LogP contribution in [0.3, 0.4) is 0 Å². The molecule has 3 amide bonds. The predicted octanol–water partition coefficient (Wildman–Crippen LogP) is 12.7. The van der Waals surface area contributed by atoms with Gasteiger partial charge in [0.25, 0.3) is 15.9 Å². The van der Waals surface area contributed by atoms with Crippen LogP contribution >= 0.6 is 23.2 Å². The number of fused-ring (bicyclic) bond motifs is 2. The smallest absolute Gasteiger partial charge is 0.303 e. The van der Waals surface area contributed by atoms with Gasteiger partial charge in [-0.05, 0) is 110 Å². The van der Waals surface area contributed by atoms with E-state index >= 15 is 0 Å². The molecule has 8 rings (SSSR count). The Morgan fingerprint density at radius 1 is 0.553 bits per heavy atom. The quantitative estimate of drug-likeness (QED) is 0.0312. The lowest BCUT2D eigenvalue weighted by Gasteiger charge is -2.17. The van der Waals surface area contributed by atoms with Gasteiger partial charge in [-0.15, -0.1) is 0 Å². The molecule has 8 aromatic carbocycles. The zero-order valence-corrected chi connectivity index (χ0v) is 42.8. The van der Waals surface area contributed by atoms with E-state index in [0.29, 0.717) is 78.2 Å². The van der Waals surface area contributed by atoms with Crippen LogP contribution in [0.2, 0.25) is 10.0 Å². The van der Waals surface area contributed by atoms with Gasteiger partial charge in [-0.2, -0.15) is 5.26 Å². The van der Waals surface area contributed by atoms with Crippen molar-refractivity contribution in [2.75, 3.05) is 26.0 Å². The van der Waals surface area contributed by atoms with Crippen molar-refractivity contribution in [1.82, 2.24) is 0 Å². The lowest BCUT2D eigenvalue weighted by atomic mass is 10.0. The number of halogens is 2. The van der Waals surface area contributed by atoms with Crippen molar-refractivity contribution >= 4 is 113 Å². The Bertz CT molecular complexity index is 3670. The fourth-order valence-electron chi connectivity index (χ4n) is 7.58. The van der Waals surface area contributed by atoms with E-state index in [9.17, 15) is 37.7 Å². The number of ether oxygens (including phenoxy) is 2. The number of nitrogens with zero attached hydrogens (tertiary/aromatic N) is 1. The van der Waals surface area contributed by atoms with Crippen LogP contribution in [0.25, 0.3) is 21.5 Å². The van der Waals surface area contributed by atoms with Crippen LogP contribution in [-0.2, 0) is 29.2 Å². The van der Waals surface area contributed by atoms with Gasteiger partial charge < -0.3 is 35.6 Å². The molecule has 17 nitrogen and oxygen atoms in total. The average Bonchev–Trinajstić information content (AvgIpc) is 3.40. The average molecular weight is 1080 g/mol. The van der Waals surface area contributed by atoms with Crippen LogP contribution in [0, 0.1) is 25.3 Å². The molecule has 0 aliphatic carbocycles. The van der Waals surface area contributed by atoms with Crippen LogP contribution in [0.1, 0.15) is 47.2 Å². The van der Waals surface area contributed by atoms with E-state index in [1.165, 1.54) is 24.3 Å². The lowest BCUT2D eigenvalue weighted by Crippen LogP contribution is -2.15. The minimum atomic E-state index is -3.78. The van der Waals surface area contributed by atoms with Gasteiger partial charge in [0.1, 0.15) is 23.0 Å². The number of anilines is 5. The predicted molar refractivity (Wildman–Crippen MR) is 292 cm³/mol. The second-order valence-electron chi connectivity index (χ2n) is 16.8. The molecule has 386 valence electrons. The molecule has 20 heteroatoms. The maximum Gasteiger partial charge on any atom is 0.303 e. The molecule has 0 aliphatic rings. The number of carboxylic acid groups (broad SMARTS) is 2. The number of aryl methyl sites for hydroxylation is 2. The Hall–Kier alpha value is -9.15. The summed E-state index contributed by atoms with van der Waals surface area (Å²) >= 11 is 12.4. The molecule has 0 saturated heterocycles. The maximum atomic E-state index is 13.5. The van der Waals surface area contributed by atoms with Gasteiger partial charge in [-0.3, -0.25) is 34.0 Å². The molecule has 0 aromatic heterocycles. The molecule has 0 unspecified atom stereocenters. The summed E-state index contributed by atoms with van der Waals surface area (Å²) in [5, 5.41) is 40.9. The maximum absolute atomic E-state index is 13.5. The van der Waals surface area contributed by atoms with Crippen LogP contribution in [-0.4, -0.2) is 48.3 Å². The number of nitrogens with one attached hydrogen (secondary N) is 5. The van der Waals surface area contributed by atoms with Gasteiger partial charge in [0.15, 0.2) is 6.19 Å². The van der Waals surface area contributed by atoms with Gasteiger partial charge in [0, 0.05) is 50.8 Å². The van der Waals surface area contributed by atoms with Gasteiger partial charge in [-0.1, -0.05) is 89.9 Å². The third kappa shape index (κ3) is 14.1. The minimum absolute atomic E-state index is 0.112. The van der Waals surface area contributed by atoms with Crippen molar-refractivity contribution in [3.05, 3.63) is 178 Å². The third-order valence-corrected chi connectivity index (χ3v) is 13.4. The summed E-state index contributed by atoms with van der Waals surface area (Å²) in [6.45, 7) is 3.59. The first-order chi connectivity index (χ1) is 36.4. The Morgan fingerprint density at radius 3 is 1.53 bits per heavy atom. The Morgan fingerprint density at radius 2 is 1.03 bits per heavy atom. The first-order valence-corrected chi connectivity index (χ1v) is 25.3. The van der Waals surface area contributed by atoms with Gasteiger partial charge in [0.2, 0.25) is 11.8 Å². The van der Waals surface area contributed by atoms with E-state index in [1.807, 2.05) is 30.5 Å². The number of hydrogen-bond acceptors (Lipinski definition) is 11. The molecule has 0 radical (unpaired) electrons. The van der Waals surface area contributed by atoms with Crippen LogP contribution in [0.5, 0.6) is 23.0 Å². The Labute approximate surface area is 446 Å². The number of nitriles is 1. The van der Waals surface area contributed by atoms with Crippen LogP contribution in [0.15, 0.2) is 157 Å². The topological polar surface area (TPSA) is 262 Å². The number of sulfonamides is 1. The van der Waals surface area contributed by atoms with E-state index in [2.05, 4.69) is 26.0 Å². The largest absolute Gasteiger partial charge is 0.481 e. The number of amides is 3. The molecule has 0 fully saturated rings. The summed E-state index contributed by atoms with van der Waals surface area (Å²) in [5.41, 5.74) is 3.66. The summed E-state index contributed by atoms with van der Waals surface area (Å²) in [6.07, 6.45) is 1.13. The van der Waals surface area contributed by atoms with Gasteiger partial charge in [0.05, 0.1) is 45.4 Å². The summed E-state index contributed by atoms with van der Waals surface area (Å²) in [5.74, 6) is -1.60. The van der Waals surface area contributed by atoms with Gasteiger partial charge in [-0.25, -0.2) is 8.42 Å². The van der Waals surface area contributed by atoms with E-state index < -0.39 is 33.8 Å². The van der Waals surface area contributed by atoms with Crippen molar-refractivity contribution in [2.45, 2.75) is 44.4 Å². The molecule has 0 bridgehead atoms. The minimum Gasteiger partial charge on any atom is -0.481 e. The SMILES string of the molecule is Cc1cc(NC(=O)c2cc(Oc3ccc(NC(=O)CCC(=O)O)cc3)c3ccccc3c2NC#N)c(Cl)cc1Cl.Cc1cc(Oc2ccc(NC(=O)CCC(=O)O)cc2)c2ccccc2c1NS(=O)(=O)c1ccccc1. The number of aliphatic carboxylic acids is 2. The van der Waals surface area contributed by atoms with E-state index in [0.717, 1.165) is 10.9 Å². The van der Waals surface area contributed by atoms with E-state index in [-0.39, 0.29) is 47.1 Å². The van der Waals surface area contributed by atoms with Crippen molar-refractivity contribution in [1.29, 1.82) is 5.26 Å². The van der Waals surface area contributed by atoms with Crippen LogP contribution in [0.4, 0.5) is 28.4 Å². The van der Waals surface area contributed by atoms with Crippen molar-refractivity contribution in [3.8, 4) is 29.2 Å². The number of carbonyl (C=O) groups is 5. The highest BCUT2D eigenvalue weighted by Crippen LogP contribution is 2.40. The molecule has 0 aliphatic heterocycles. The monoisotopic (exact) mass is 1080 g/mol. The summed E-state index contributed by atoms with van der Waals surface area (Å²) < 4.78 is 40.9. The highest BCUT2D eigenvalue weighted by Gasteiger charge is 2.22. The number of carboxylic acids is 2. The standard InChI is InChI=1S/C29H22Cl2N4O5.C27H24N2O6S/c1-16-12-24(23(31)14-22(16)30)35-29(39)21-13-25(19-4-2-3-5-20(19)28(21)33-15-32)40-18-8-6-17(7-9-18)34-26(36)10-11-27(37)38;1-18-17-24(35-20-13-11-19(12-14-20)28-25(30)15-16-26(31)32)22-9-5-6-10-23(22)27(18)29-36(33,34)21-7-3-2-4-8-21/h2-9,12-14,33H,10-11H2,1H3,(H,34,36)(H,35,39)(H,37,38);2-14,17,29H,15-16H2,1H3,(H,28,30)(H,31,32). The molecule has 0 atom stereocenters. The van der Waals surface area contributed by atoms with E-state index in [1.54, 1.807) is 117 Å². The lowest BCUT2D eigenvalue weighted by molar-refractivity contribution is -0.138. The zero-order valence-electron chi connectivity index (χ0n) is 40.4. The third-order valence-electron chi connectivity index (χ3n) is 11.3. The fourth-order valence-corrected chi connectivity index (χ4v) is 9.18. The summed E-state index contributed by atoms with van der Waals surface area (Å²) in [4.78, 5) is 58.7. The number of benzene rings is 8. The van der Waals surface area contributed by atoms with Crippen molar-refractivity contribution in [3.63, 3.8) is 0 Å². The summed E-state index contributed by atoms with van der Waals surface area (Å²) in [6, 6.07) is 42.3. The second-order valence-corrected chi connectivity index (χ2v) is 19.3. The first kappa shape index (κ1) is 54.6. The molecule has 0 saturated carbocycles. The number of rotatable bonds is 18. The highest BCUT2D eigenvalue weighted by atomic mass is 35.5. The molecule has 7 N–H and O–H groups in total. The normalized spacial score (nSPS) is 10.8. The molecular weight excluding hydrogens is 1040 g/mol. The molecule has 0 spiro atoms. The Kier molecular flexibility index (Phi) is 17.8. The van der Waals surface area contributed by atoms with Gasteiger partial charge >= 0.3 is 11.9 Å². The zero-order chi connectivity index (χ0) is 54.5. The Balaban J connectivity index is 0.000000222. The highest BCUT2D eigenvalue weighted by molar-refractivity contribution is 7.92. The summed E-state index contributed by atoms with van der Waals surface area (Å²) in [7, 11) is -3.78. The molecular formula is C56H46Cl2N6O11S. The van der Waals surface area contributed by atoms with E-state index in [4.69, 9.17) is 42.9 Å². The van der Waals surface area contributed by atoms with Crippen molar-refractivity contribution in [2.24, 2.45) is 0 Å². The molecule has 76 heavy (non-hydrogen) atoms. The number of hydrogen-bond donors (Lipinski definition) is 7. The van der Waals surface area contributed by atoms with Crippen molar-refractivity contribution < 1.29 is 52.1 Å². The first-order valence-electron chi connectivity index (χ1n) is 23.1. The molecule has 0 heterocycles. The fraction of sp³-hybridized carbons (Fsp3) is 0.107. The molecule has 8 aromatic rings.